The van der Waals surface area contributed by atoms with Gasteiger partial charge in [-0.25, -0.2) is 0 Å². The number of hydrogen-bond donors (Lipinski definition) is 0. The summed E-state index contributed by atoms with van der Waals surface area (Å²) >= 11 is 0. The molecule has 2 heteroatoms. The lowest BCUT2D eigenvalue weighted by Gasteiger charge is -2.06. The molecule has 0 fully saturated rings. The summed E-state index contributed by atoms with van der Waals surface area (Å²) in [6, 6.07) is 21.5. The molecule has 1 aromatic heterocycles. The number of unbranched alkanes of at least 4 members (excludes halogenated alkanes) is 2. The van der Waals surface area contributed by atoms with Gasteiger partial charge in [-0.05, 0) is 48.9 Å². The molecule has 0 atom stereocenters. The molecule has 0 aliphatic rings. The van der Waals surface area contributed by atoms with Crippen LogP contribution in [0.3, 0.4) is 0 Å². The second kappa shape index (κ2) is 9.28. The van der Waals surface area contributed by atoms with Gasteiger partial charge in [-0.15, -0.1) is 10.2 Å². The Morgan fingerprint density at radius 1 is 0.538 bits per heavy atom. The lowest BCUT2D eigenvalue weighted by Crippen LogP contribution is -1.92. The maximum atomic E-state index is 4.44. The highest BCUT2D eigenvalue weighted by atomic mass is 15.1. The molecule has 2 aromatic carbocycles. The highest BCUT2D eigenvalue weighted by Crippen LogP contribution is 2.22. The summed E-state index contributed by atoms with van der Waals surface area (Å²) in [5, 5.41) is 8.88. The van der Waals surface area contributed by atoms with Crippen LogP contribution in [0.4, 0.5) is 0 Å². The third-order valence-electron chi connectivity index (χ3n) is 4.80. The highest BCUT2D eigenvalue weighted by molar-refractivity contribution is 5.64. The molecule has 0 unspecified atom stereocenters. The van der Waals surface area contributed by atoms with Gasteiger partial charge in [0, 0.05) is 11.1 Å². The molecule has 134 valence electrons. The summed E-state index contributed by atoms with van der Waals surface area (Å²) in [6.45, 7) is 4.45. The van der Waals surface area contributed by atoms with Crippen molar-refractivity contribution in [3.8, 4) is 22.5 Å². The van der Waals surface area contributed by atoms with E-state index in [9.17, 15) is 0 Å². The van der Waals surface area contributed by atoms with E-state index in [1.54, 1.807) is 0 Å². The Morgan fingerprint density at radius 3 is 1.23 bits per heavy atom. The Hall–Kier alpha value is -2.48. The molecule has 2 nitrogen and oxygen atoms in total. The monoisotopic (exact) mass is 344 g/mol. The maximum absolute atomic E-state index is 4.44. The third kappa shape index (κ3) is 4.78. The van der Waals surface area contributed by atoms with Crippen molar-refractivity contribution in [3.63, 3.8) is 0 Å². The van der Waals surface area contributed by atoms with Gasteiger partial charge in [0.1, 0.15) is 0 Å². The number of hydrogen-bond acceptors (Lipinski definition) is 2. The Balaban J connectivity index is 1.69. The molecule has 0 radical (unpaired) electrons. The van der Waals surface area contributed by atoms with Crippen molar-refractivity contribution in [1.82, 2.24) is 10.2 Å². The Labute approximate surface area is 157 Å². The van der Waals surface area contributed by atoms with E-state index >= 15 is 0 Å². The van der Waals surface area contributed by atoms with Gasteiger partial charge in [-0.1, -0.05) is 75.2 Å². The van der Waals surface area contributed by atoms with E-state index < -0.39 is 0 Å². The number of aromatic nitrogens is 2. The molecule has 1 heterocycles. The minimum Gasteiger partial charge on any atom is -0.150 e. The van der Waals surface area contributed by atoms with Crippen molar-refractivity contribution in [2.45, 2.75) is 52.4 Å². The predicted octanol–water partition coefficient (Wildman–Crippen LogP) is 6.50. The van der Waals surface area contributed by atoms with Crippen LogP contribution in [-0.2, 0) is 12.8 Å². The van der Waals surface area contributed by atoms with Gasteiger partial charge in [-0.2, -0.15) is 0 Å². The van der Waals surface area contributed by atoms with Crippen LogP contribution >= 0.6 is 0 Å². The van der Waals surface area contributed by atoms with E-state index in [1.165, 1.54) is 36.8 Å². The smallest absolute Gasteiger partial charge is 0.0930 e. The lowest BCUT2D eigenvalue weighted by atomic mass is 10.0. The molecule has 0 N–H and O–H groups in total. The summed E-state index contributed by atoms with van der Waals surface area (Å²) in [4.78, 5) is 0. The second-order valence-corrected chi connectivity index (χ2v) is 6.90. The highest BCUT2D eigenvalue weighted by Gasteiger charge is 2.04. The van der Waals surface area contributed by atoms with Crippen LogP contribution in [-0.4, -0.2) is 10.2 Å². The van der Waals surface area contributed by atoms with Crippen molar-refractivity contribution in [2.75, 3.05) is 0 Å². The van der Waals surface area contributed by atoms with Gasteiger partial charge < -0.3 is 0 Å². The normalized spacial score (nSPS) is 10.8. The fourth-order valence-corrected chi connectivity index (χ4v) is 3.09. The standard InChI is InChI=1S/C24H28N2/c1-3-5-7-19-9-13-21(14-10-19)23-17-18-24(26-25-23)22-15-11-20(12-16-22)8-6-4-2/h9-18H,3-8H2,1-2H3. The van der Waals surface area contributed by atoms with Crippen LogP contribution in [0.15, 0.2) is 60.7 Å². The van der Waals surface area contributed by atoms with E-state index in [-0.39, 0.29) is 0 Å². The molecule has 0 saturated carbocycles. The summed E-state index contributed by atoms with van der Waals surface area (Å²) in [6.07, 6.45) is 7.24. The molecule has 0 bridgehead atoms. The number of nitrogens with zero attached hydrogens (tertiary/aromatic N) is 2. The molecule has 0 amide bonds. The summed E-state index contributed by atoms with van der Waals surface area (Å²) in [5.41, 5.74) is 6.89. The average molecular weight is 345 g/mol. The molecule has 0 aliphatic heterocycles. The minimum absolute atomic E-state index is 0.926. The van der Waals surface area contributed by atoms with Crippen molar-refractivity contribution in [2.24, 2.45) is 0 Å². The van der Waals surface area contributed by atoms with Crippen LogP contribution in [0.5, 0.6) is 0 Å². The Kier molecular flexibility index (Phi) is 6.54. The topological polar surface area (TPSA) is 25.8 Å². The van der Waals surface area contributed by atoms with Crippen LogP contribution in [0, 0.1) is 0 Å². The molecule has 0 saturated heterocycles. The summed E-state index contributed by atoms with van der Waals surface area (Å²) in [5.74, 6) is 0. The van der Waals surface area contributed by atoms with Gasteiger partial charge in [0.25, 0.3) is 0 Å². The van der Waals surface area contributed by atoms with Crippen molar-refractivity contribution >= 4 is 0 Å². The second-order valence-electron chi connectivity index (χ2n) is 6.90. The first-order valence-electron chi connectivity index (χ1n) is 9.82. The largest absolute Gasteiger partial charge is 0.150 e. The average Bonchev–Trinajstić information content (AvgIpc) is 2.72. The Morgan fingerprint density at radius 2 is 0.923 bits per heavy atom. The first kappa shape index (κ1) is 18.3. The SMILES string of the molecule is CCCCc1ccc(-c2ccc(-c3ccc(CCCC)cc3)nn2)cc1. The van der Waals surface area contributed by atoms with E-state index in [1.807, 2.05) is 0 Å². The third-order valence-corrected chi connectivity index (χ3v) is 4.80. The van der Waals surface area contributed by atoms with Crippen molar-refractivity contribution in [1.29, 1.82) is 0 Å². The fourth-order valence-electron chi connectivity index (χ4n) is 3.09. The van der Waals surface area contributed by atoms with Crippen molar-refractivity contribution < 1.29 is 0 Å². The zero-order valence-electron chi connectivity index (χ0n) is 15.9. The molecule has 0 spiro atoms. The molecular weight excluding hydrogens is 316 g/mol. The predicted molar refractivity (Wildman–Crippen MR) is 110 cm³/mol. The zero-order valence-corrected chi connectivity index (χ0v) is 15.9. The van der Waals surface area contributed by atoms with Crippen LogP contribution in [0.1, 0.15) is 50.7 Å². The Bertz CT molecular complexity index is 717. The minimum atomic E-state index is 0.926. The van der Waals surface area contributed by atoms with E-state index in [4.69, 9.17) is 0 Å². The van der Waals surface area contributed by atoms with E-state index in [0.29, 0.717) is 0 Å². The van der Waals surface area contributed by atoms with Gasteiger partial charge in [-0.3, -0.25) is 0 Å². The zero-order chi connectivity index (χ0) is 18.2. The van der Waals surface area contributed by atoms with Gasteiger partial charge in [0.05, 0.1) is 11.4 Å². The molecule has 0 aliphatic carbocycles. The number of rotatable bonds is 8. The maximum Gasteiger partial charge on any atom is 0.0930 e. The van der Waals surface area contributed by atoms with Crippen molar-refractivity contribution in [3.05, 3.63) is 71.8 Å². The van der Waals surface area contributed by atoms with Crippen LogP contribution in [0.25, 0.3) is 22.5 Å². The molecule has 3 aromatic rings. The quantitative estimate of drug-likeness (QED) is 0.466. The molecule has 26 heavy (non-hydrogen) atoms. The molecular formula is C24H28N2. The molecule has 3 rings (SSSR count). The number of benzene rings is 2. The van der Waals surface area contributed by atoms with Gasteiger partial charge >= 0.3 is 0 Å². The first-order chi connectivity index (χ1) is 12.8. The van der Waals surface area contributed by atoms with Crippen LogP contribution < -0.4 is 0 Å². The van der Waals surface area contributed by atoms with E-state index in [0.717, 1.165) is 35.4 Å². The fraction of sp³-hybridized carbons (Fsp3) is 0.333. The van der Waals surface area contributed by atoms with Gasteiger partial charge in [0.15, 0.2) is 0 Å². The van der Waals surface area contributed by atoms with Crippen LogP contribution in [0.2, 0.25) is 0 Å². The van der Waals surface area contributed by atoms with Gasteiger partial charge in [0.2, 0.25) is 0 Å². The van der Waals surface area contributed by atoms with E-state index in [2.05, 4.69) is 84.7 Å². The summed E-state index contributed by atoms with van der Waals surface area (Å²) < 4.78 is 0. The first-order valence-corrected chi connectivity index (χ1v) is 9.82. The lowest BCUT2D eigenvalue weighted by molar-refractivity contribution is 0.795. The number of aryl methyl sites for hydroxylation is 2. The summed E-state index contributed by atoms with van der Waals surface area (Å²) in [7, 11) is 0.